The lowest BCUT2D eigenvalue weighted by atomic mass is 9.88. The van der Waals surface area contributed by atoms with E-state index in [-0.39, 0.29) is 16.5 Å². The standard InChI is InChI=1S/C15H26N2O3S/c1-4-10-16-11-12-7-8-14(20-12)21(18,19)17-13-6-5-9-15(13,2)3/h7-8,13,16-17H,4-6,9-11H2,1-3H3. The molecule has 2 N–H and O–H groups in total. The molecule has 1 unspecified atom stereocenters. The zero-order chi connectivity index (χ0) is 15.5. The summed E-state index contributed by atoms with van der Waals surface area (Å²) < 4.78 is 33.0. The highest BCUT2D eigenvalue weighted by Gasteiger charge is 2.37. The van der Waals surface area contributed by atoms with Crippen LogP contribution in [-0.2, 0) is 16.6 Å². The Bertz CT molecular complexity index is 563. The van der Waals surface area contributed by atoms with Crippen LogP contribution >= 0.6 is 0 Å². The summed E-state index contributed by atoms with van der Waals surface area (Å²) in [6.07, 6.45) is 4.02. The summed E-state index contributed by atoms with van der Waals surface area (Å²) in [5.41, 5.74) is 0.00513. The van der Waals surface area contributed by atoms with Crippen LogP contribution in [-0.4, -0.2) is 21.0 Å². The molecule has 5 nitrogen and oxygen atoms in total. The van der Waals surface area contributed by atoms with E-state index in [1.165, 1.54) is 6.07 Å². The number of sulfonamides is 1. The average molecular weight is 314 g/mol. The quantitative estimate of drug-likeness (QED) is 0.759. The SMILES string of the molecule is CCCNCc1ccc(S(=O)(=O)NC2CCCC2(C)C)o1. The normalized spacial score (nSPS) is 21.8. The van der Waals surface area contributed by atoms with E-state index in [1.54, 1.807) is 6.07 Å². The van der Waals surface area contributed by atoms with Gasteiger partial charge in [0.05, 0.1) is 6.54 Å². The third kappa shape index (κ3) is 4.08. The number of hydrogen-bond acceptors (Lipinski definition) is 4. The van der Waals surface area contributed by atoms with E-state index in [4.69, 9.17) is 4.42 Å². The molecule has 1 aliphatic rings. The van der Waals surface area contributed by atoms with Gasteiger partial charge in [0, 0.05) is 6.04 Å². The third-order valence-corrected chi connectivity index (χ3v) is 5.53. The first-order valence-corrected chi connectivity index (χ1v) is 9.15. The van der Waals surface area contributed by atoms with Crippen molar-refractivity contribution in [1.82, 2.24) is 10.0 Å². The molecular formula is C15H26N2O3S. The summed E-state index contributed by atoms with van der Waals surface area (Å²) in [5.74, 6) is 0.648. The molecule has 0 aromatic carbocycles. The number of hydrogen-bond donors (Lipinski definition) is 2. The summed E-state index contributed by atoms with van der Waals surface area (Å²) in [7, 11) is -3.57. The third-order valence-electron chi connectivity index (χ3n) is 4.18. The van der Waals surface area contributed by atoms with Crippen LogP contribution in [0.4, 0.5) is 0 Å². The van der Waals surface area contributed by atoms with Gasteiger partial charge in [-0.05, 0) is 43.4 Å². The van der Waals surface area contributed by atoms with Gasteiger partial charge in [0.15, 0.2) is 0 Å². The summed E-state index contributed by atoms with van der Waals surface area (Å²) in [6, 6.07) is 3.24. The van der Waals surface area contributed by atoms with Gasteiger partial charge in [0.1, 0.15) is 5.76 Å². The van der Waals surface area contributed by atoms with Gasteiger partial charge in [0.2, 0.25) is 5.09 Å². The van der Waals surface area contributed by atoms with Crippen molar-refractivity contribution < 1.29 is 12.8 Å². The van der Waals surface area contributed by atoms with Crippen molar-refractivity contribution in [3.63, 3.8) is 0 Å². The van der Waals surface area contributed by atoms with Crippen molar-refractivity contribution in [3.8, 4) is 0 Å². The highest BCUT2D eigenvalue weighted by Crippen LogP contribution is 2.37. The Morgan fingerprint density at radius 2 is 2.14 bits per heavy atom. The number of furan rings is 1. The van der Waals surface area contributed by atoms with Crippen LogP contribution in [0.3, 0.4) is 0 Å². The predicted molar refractivity (Wildman–Crippen MR) is 82.4 cm³/mol. The fourth-order valence-electron chi connectivity index (χ4n) is 2.78. The molecule has 21 heavy (non-hydrogen) atoms. The van der Waals surface area contributed by atoms with Crippen molar-refractivity contribution in [3.05, 3.63) is 17.9 Å². The molecule has 2 rings (SSSR count). The van der Waals surface area contributed by atoms with Gasteiger partial charge in [-0.25, -0.2) is 13.1 Å². The largest absolute Gasteiger partial charge is 0.447 e. The Balaban J connectivity index is 2.02. The number of nitrogens with one attached hydrogen (secondary N) is 2. The van der Waals surface area contributed by atoms with E-state index in [0.29, 0.717) is 12.3 Å². The van der Waals surface area contributed by atoms with Gasteiger partial charge in [-0.2, -0.15) is 0 Å². The van der Waals surface area contributed by atoms with Gasteiger partial charge >= 0.3 is 0 Å². The number of rotatable bonds is 7. The minimum atomic E-state index is -3.57. The van der Waals surface area contributed by atoms with E-state index < -0.39 is 10.0 Å². The molecule has 1 saturated carbocycles. The molecule has 1 aliphatic carbocycles. The topological polar surface area (TPSA) is 71.3 Å². The van der Waals surface area contributed by atoms with Crippen molar-refractivity contribution >= 4 is 10.0 Å². The zero-order valence-corrected chi connectivity index (χ0v) is 13.9. The van der Waals surface area contributed by atoms with E-state index in [9.17, 15) is 8.42 Å². The molecule has 6 heteroatoms. The van der Waals surface area contributed by atoms with Crippen LogP contribution in [0.25, 0.3) is 0 Å². The minimum absolute atomic E-state index is 0.00513. The maximum absolute atomic E-state index is 12.4. The summed E-state index contributed by atoms with van der Waals surface area (Å²) in [4.78, 5) is 0. The Morgan fingerprint density at radius 3 is 2.76 bits per heavy atom. The highest BCUT2D eigenvalue weighted by atomic mass is 32.2. The van der Waals surface area contributed by atoms with Crippen LogP contribution in [0.1, 0.15) is 52.2 Å². The first-order valence-electron chi connectivity index (χ1n) is 7.67. The fraction of sp³-hybridized carbons (Fsp3) is 0.733. The highest BCUT2D eigenvalue weighted by molar-refractivity contribution is 7.89. The van der Waals surface area contributed by atoms with E-state index in [0.717, 1.165) is 32.2 Å². The van der Waals surface area contributed by atoms with E-state index in [2.05, 4.69) is 30.8 Å². The van der Waals surface area contributed by atoms with Crippen molar-refractivity contribution in [2.45, 2.75) is 64.1 Å². The first kappa shape index (κ1) is 16.5. The van der Waals surface area contributed by atoms with Crippen LogP contribution < -0.4 is 10.0 Å². The smallest absolute Gasteiger partial charge is 0.274 e. The monoisotopic (exact) mass is 314 g/mol. The Morgan fingerprint density at radius 1 is 1.38 bits per heavy atom. The molecule has 0 aliphatic heterocycles. The predicted octanol–water partition coefficient (Wildman–Crippen LogP) is 2.64. The van der Waals surface area contributed by atoms with E-state index in [1.807, 2.05) is 0 Å². The molecule has 0 amide bonds. The molecule has 1 aromatic heterocycles. The summed E-state index contributed by atoms with van der Waals surface area (Å²) in [6.45, 7) is 7.73. The zero-order valence-electron chi connectivity index (χ0n) is 13.1. The molecule has 0 spiro atoms. The average Bonchev–Trinajstić information content (AvgIpc) is 2.98. The van der Waals surface area contributed by atoms with Gasteiger partial charge in [-0.1, -0.05) is 27.2 Å². The lowest BCUT2D eigenvalue weighted by Gasteiger charge is -2.27. The lowest BCUT2D eigenvalue weighted by Crippen LogP contribution is -2.41. The van der Waals surface area contributed by atoms with Crippen molar-refractivity contribution in [2.75, 3.05) is 6.54 Å². The second-order valence-corrected chi connectivity index (χ2v) is 8.10. The molecule has 1 fully saturated rings. The van der Waals surface area contributed by atoms with Crippen molar-refractivity contribution in [1.29, 1.82) is 0 Å². The van der Waals surface area contributed by atoms with Crippen LogP contribution in [0.15, 0.2) is 21.6 Å². The minimum Gasteiger partial charge on any atom is -0.447 e. The van der Waals surface area contributed by atoms with Crippen LogP contribution in [0.5, 0.6) is 0 Å². The van der Waals surface area contributed by atoms with Gasteiger partial charge in [-0.15, -0.1) is 0 Å². The Hall–Kier alpha value is -0.850. The molecule has 0 radical (unpaired) electrons. The second-order valence-electron chi connectivity index (χ2n) is 6.45. The second kappa shape index (κ2) is 6.50. The van der Waals surface area contributed by atoms with Gasteiger partial charge in [-0.3, -0.25) is 0 Å². The van der Waals surface area contributed by atoms with Gasteiger partial charge in [0.25, 0.3) is 10.0 Å². The van der Waals surface area contributed by atoms with Crippen LogP contribution in [0, 0.1) is 5.41 Å². The molecule has 1 aromatic rings. The Kier molecular flexibility index (Phi) is 5.11. The summed E-state index contributed by atoms with van der Waals surface area (Å²) >= 11 is 0. The Labute approximate surface area is 127 Å². The van der Waals surface area contributed by atoms with Crippen molar-refractivity contribution in [2.24, 2.45) is 5.41 Å². The first-order chi connectivity index (χ1) is 9.85. The molecule has 0 saturated heterocycles. The maximum Gasteiger partial charge on any atom is 0.274 e. The molecule has 120 valence electrons. The molecular weight excluding hydrogens is 288 g/mol. The summed E-state index contributed by atoms with van der Waals surface area (Å²) in [5, 5.41) is 3.21. The molecule has 1 atom stereocenters. The van der Waals surface area contributed by atoms with Crippen LogP contribution in [0.2, 0.25) is 0 Å². The molecule has 0 bridgehead atoms. The maximum atomic E-state index is 12.4. The van der Waals surface area contributed by atoms with Gasteiger partial charge < -0.3 is 9.73 Å². The lowest BCUT2D eigenvalue weighted by molar-refractivity contribution is 0.309. The fourth-order valence-corrected chi connectivity index (χ4v) is 4.17. The molecule has 1 heterocycles. The van der Waals surface area contributed by atoms with E-state index >= 15 is 0 Å².